The molecule has 2 aromatic rings. The van der Waals surface area contributed by atoms with Crippen molar-refractivity contribution in [2.45, 2.75) is 19.9 Å². The van der Waals surface area contributed by atoms with Gasteiger partial charge in [-0.2, -0.15) is 0 Å². The van der Waals surface area contributed by atoms with Crippen LogP contribution in [0.25, 0.3) is 0 Å². The predicted molar refractivity (Wildman–Crippen MR) is 122 cm³/mol. The van der Waals surface area contributed by atoms with Crippen LogP contribution in [-0.2, 0) is 19.1 Å². The number of aromatic carboxylic acids is 1. The van der Waals surface area contributed by atoms with Crippen molar-refractivity contribution in [3.63, 3.8) is 0 Å². The Morgan fingerprint density at radius 3 is 1.83 bits per heavy atom. The van der Waals surface area contributed by atoms with Crippen LogP contribution in [0.2, 0.25) is 0 Å². The van der Waals surface area contributed by atoms with Crippen molar-refractivity contribution in [1.29, 1.82) is 0 Å². The van der Waals surface area contributed by atoms with E-state index in [2.05, 4.69) is 0 Å². The number of benzene rings is 2. The van der Waals surface area contributed by atoms with Gasteiger partial charge in [-0.15, -0.1) is 0 Å². The Bertz CT molecular complexity index is 1220. The zero-order valence-corrected chi connectivity index (χ0v) is 19.4. The summed E-state index contributed by atoms with van der Waals surface area (Å²) in [7, 11) is 2.29. The number of carbonyl (C=O) groups is 5. The maximum Gasteiger partial charge on any atom is 0.337 e. The molecule has 1 amide bonds. The summed E-state index contributed by atoms with van der Waals surface area (Å²) in [5.41, 5.74) is 0.0113. The highest BCUT2D eigenvalue weighted by molar-refractivity contribution is 6.17. The van der Waals surface area contributed by atoms with E-state index < -0.39 is 47.3 Å². The zero-order chi connectivity index (χ0) is 26.0. The van der Waals surface area contributed by atoms with Gasteiger partial charge in [-0.1, -0.05) is 26.0 Å². The Morgan fingerprint density at radius 1 is 0.886 bits per heavy atom. The van der Waals surface area contributed by atoms with Crippen molar-refractivity contribution in [3.8, 4) is 0 Å². The lowest BCUT2D eigenvalue weighted by molar-refractivity contribution is -0.119. The Hall–Kier alpha value is -4.47. The molecule has 3 rings (SSSR count). The second-order valence-corrected chi connectivity index (χ2v) is 8.04. The molecule has 1 unspecified atom stereocenters. The number of anilines is 1. The maximum atomic E-state index is 13.2. The number of hydrogen-bond donors (Lipinski definition) is 2. The summed E-state index contributed by atoms with van der Waals surface area (Å²) in [5, 5.41) is 19.9. The number of methoxy groups -OCH3 is 2. The molecule has 0 aromatic heterocycles. The van der Waals surface area contributed by atoms with Gasteiger partial charge in [0.25, 0.3) is 5.91 Å². The number of amides is 1. The average Bonchev–Trinajstić information content (AvgIpc) is 3.12. The van der Waals surface area contributed by atoms with Crippen molar-refractivity contribution in [2.24, 2.45) is 5.92 Å². The quantitative estimate of drug-likeness (QED) is 0.569. The van der Waals surface area contributed by atoms with Crippen LogP contribution < -0.4 is 4.90 Å². The number of ether oxygens (including phenoxy) is 2. The first-order chi connectivity index (χ1) is 16.5. The number of carboxylic acid groups (broad SMARTS) is 1. The minimum Gasteiger partial charge on any atom is -0.503 e. The van der Waals surface area contributed by atoms with E-state index in [1.807, 2.05) is 0 Å². The molecule has 2 N–H and O–H groups in total. The topological polar surface area (TPSA) is 148 Å². The second kappa shape index (κ2) is 9.80. The van der Waals surface area contributed by atoms with Crippen LogP contribution >= 0.6 is 0 Å². The monoisotopic (exact) mass is 481 g/mol. The molecule has 0 radical (unpaired) electrons. The van der Waals surface area contributed by atoms with E-state index in [1.165, 1.54) is 42.5 Å². The first-order valence-electron chi connectivity index (χ1n) is 10.5. The molecule has 1 heterocycles. The Labute approximate surface area is 200 Å². The molecule has 35 heavy (non-hydrogen) atoms. The minimum atomic E-state index is -1.17. The van der Waals surface area contributed by atoms with E-state index in [0.29, 0.717) is 5.56 Å². The highest BCUT2D eigenvalue weighted by Gasteiger charge is 2.45. The van der Waals surface area contributed by atoms with E-state index in [1.54, 1.807) is 13.8 Å². The van der Waals surface area contributed by atoms with Crippen molar-refractivity contribution in [2.75, 3.05) is 19.1 Å². The third-order valence-electron chi connectivity index (χ3n) is 5.51. The molecule has 0 aliphatic carbocycles. The van der Waals surface area contributed by atoms with Crippen LogP contribution in [0, 0.1) is 5.92 Å². The lowest BCUT2D eigenvalue weighted by Gasteiger charge is -2.28. The molecule has 0 bridgehead atoms. The van der Waals surface area contributed by atoms with Gasteiger partial charge in [0.15, 0.2) is 11.5 Å². The predicted octanol–water partition coefficient (Wildman–Crippen LogP) is 3.08. The lowest BCUT2D eigenvalue weighted by atomic mass is 9.90. The number of rotatable bonds is 7. The van der Waals surface area contributed by atoms with Gasteiger partial charge < -0.3 is 19.7 Å². The van der Waals surface area contributed by atoms with E-state index in [-0.39, 0.29) is 28.0 Å². The Kier molecular flexibility index (Phi) is 7.04. The van der Waals surface area contributed by atoms with Crippen LogP contribution in [0.5, 0.6) is 0 Å². The van der Waals surface area contributed by atoms with Crippen molar-refractivity contribution in [3.05, 3.63) is 76.1 Å². The normalized spacial score (nSPS) is 15.4. The summed E-state index contributed by atoms with van der Waals surface area (Å²) in [6.45, 7) is 3.21. The van der Waals surface area contributed by atoms with E-state index in [9.17, 15) is 34.2 Å². The Balaban J connectivity index is 2.27. The standard InChI is InChI=1S/C25H23NO9/c1-12(2)20(27)18-19(13-5-7-14(8-6-13)23(30)31)26(22(29)21(18)28)17-10-15(24(32)34-3)9-16(11-17)25(33)35-4/h5-12,19,28H,1-4H3,(H,30,31). The number of carbonyl (C=O) groups excluding carboxylic acids is 4. The number of hydrogen-bond acceptors (Lipinski definition) is 8. The fourth-order valence-electron chi connectivity index (χ4n) is 3.78. The first-order valence-corrected chi connectivity index (χ1v) is 10.5. The van der Waals surface area contributed by atoms with Crippen LogP contribution in [0.3, 0.4) is 0 Å². The third kappa shape index (κ3) is 4.63. The van der Waals surface area contributed by atoms with Crippen LogP contribution in [0.1, 0.15) is 56.5 Å². The number of aliphatic hydroxyl groups excluding tert-OH is 1. The first kappa shape index (κ1) is 25.2. The van der Waals surface area contributed by atoms with Gasteiger partial charge in [0.05, 0.1) is 42.5 Å². The summed E-state index contributed by atoms with van der Waals surface area (Å²) in [5.74, 6) is -5.53. The number of carboxylic acids is 1. The van der Waals surface area contributed by atoms with Crippen LogP contribution in [0.15, 0.2) is 53.8 Å². The highest BCUT2D eigenvalue weighted by Crippen LogP contribution is 2.42. The molecular weight excluding hydrogens is 458 g/mol. The summed E-state index contributed by atoms with van der Waals surface area (Å²) >= 11 is 0. The van der Waals surface area contributed by atoms with Crippen molar-refractivity contribution >= 4 is 35.3 Å². The molecule has 1 aliphatic heterocycles. The van der Waals surface area contributed by atoms with Gasteiger partial charge in [0.1, 0.15) is 0 Å². The van der Waals surface area contributed by atoms with E-state index >= 15 is 0 Å². The molecule has 0 spiro atoms. The van der Waals surface area contributed by atoms with Gasteiger partial charge >= 0.3 is 17.9 Å². The summed E-state index contributed by atoms with van der Waals surface area (Å²) < 4.78 is 9.49. The number of nitrogens with zero attached hydrogens (tertiary/aromatic N) is 1. The molecule has 0 saturated heterocycles. The minimum absolute atomic E-state index is 0.0173. The summed E-state index contributed by atoms with van der Waals surface area (Å²) in [6, 6.07) is 8.09. The van der Waals surface area contributed by atoms with E-state index in [0.717, 1.165) is 19.1 Å². The molecule has 182 valence electrons. The largest absolute Gasteiger partial charge is 0.503 e. The number of aliphatic hydroxyl groups is 1. The molecule has 10 nitrogen and oxygen atoms in total. The molecule has 0 fully saturated rings. The van der Waals surface area contributed by atoms with Crippen molar-refractivity contribution in [1.82, 2.24) is 0 Å². The summed E-state index contributed by atoms with van der Waals surface area (Å²) in [4.78, 5) is 63.2. The zero-order valence-electron chi connectivity index (χ0n) is 19.4. The smallest absolute Gasteiger partial charge is 0.337 e. The highest BCUT2D eigenvalue weighted by atomic mass is 16.5. The van der Waals surface area contributed by atoms with Crippen molar-refractivity contribution < 1.29 is 43.7 Å². The molecule has 0 saturated carbocycles. The lowest BCUT2D eigenvalue weighted by Crippen LogP contribution is -2.32. The number of Topliss-reactive ketones (excluding diaryl/α,β-unsaturated/α-hetero) is 1. The SMILES string of the molecule is COC(=O)c1cc(C(=O)OC)cc(N2C(=O)C(O)=C(C(=O)C(C)C)C2c2ccc(C(=O)O)cc2)c1. The molecule has 1 aliphatic rings. The van der Waals surface area contributed by atoms with Gasteiger partial charge in [0, 0.05) is 11.6 Å². The molecule has 2 aromatic carbocycles. The summed E-state index contributed by atoms with van der Waals surface area (Å²) in [6.07, 6.45) is 0. The van der Waals surface area contributed by atoms with Crippen LogP contribution in [0.4, 0.5) is 5.69 Å². The third-order valence-corrected chi connectivity index (χ3v) is 5.51. The van der Waals surface area contributed by atoms with E-state index in [4.69, 9.17) is 9.47 Å². The molecule has 1 atom stereocenters. The number of ketones is 1. The molecular formula is C25H23NO9. The van der Waals surface area contributed by atoms with Crippen LogP contribution in [-0.4, -0.2) is 54.0 Å². The fourth-order valence-corrected chi connectivity index (χ4v) is 3.78. The second-order valence-electron chi connectivity index (χ2n) is 8.04. The number of esters is 2. The Morgan fingerprint density at radius 2 is 1.40 bits per heavy atom. The molecule has 10 heteroatoms. The van der Waals surface area contributed by atoms with Gasteiger partial charge in [0.2, 0.25) is 0 Å². The van der Waals surface area contributed by atoms with Gasteiger partial charge in [-0.25, -0.2) is 14.4 Å². The maximum absolute atomic E-state index is 13.2. The fraction of sp³-hybridized carbons (Fsp3) is 0.240. The van der Waals surface area contributed by atoms with Gasteiger partial charge in [-0.05, 0) is 35.9 Å². The average molecular weight is 481 g/mol. The van der Waals surface area contributed by atoms with Gasteiger partial charge in [-0.3, -0.25) is 14.5 Å².